The number of amides is 4. The molecule has 12 nitrogen and oxygen atoms in total. The first-order chi connectivity index (χ1) is 23.8. The molecule has 3 atom stereocenters. The smallest absolute Gasteiger partial charge is 0.289 e. The van der Waals surface area contributed by atoms with Crippen LogP contribution in [0.25, 0.3) is 10.9 Å². The molecule has 4 amide bonds. The number of para-hydroxylation sites is 1. The third-order valence-corrected chi connectivity index (χ3v) is 8.41. The molecule has 5 rings (SSSR count). The van der Waals surface area contributed by atoms with E-state index >= 15 is 0 Å². The van der Waals surface area contributed by atoms with Gasteiger partial charge in [0.2, 0.25) is 23.5 Å². The second-order valence-corrected chi connectivity index (χ2v) is 12.1. The summed E-state index contributed by atoms with van der Waals surface area (Å²) in [6.45, 7) is 4.13. The molecule has 1 fully saturated rings. The Hall–Kier alpha value is -5.33. The van der Waals surface area contributed by atoms with Crippen molar-refractivity contribution in [2.45, 2.75) is 44.4 Å². The van der Waals surface area contributed by atoms with E-state index in [-0.39, 0.29) is 31.8 Å². The summed E-state index contributed by atoms with van der Waals surface area (Å²) in [5.74, 6) is -3.18. The Kier molecular flexibility index (Phi) is 12.3. The van der Waals surface area contributed by atoms with Crippen LogP contribution in [0.5, 0.6) is 0 Å². The predicted molar refractivity (Wildman–Crippen MR) is 184 cm³/mol. The number of carbonyl (C=O) groups is 5. The monoisotopic (exact) mass is 666 g/mol. The average Bonchev–Trinajstić information content (AvgIpc) is 3.53. The normalized spacial score (nSPS) is 15.0. The van der Waals surface area contributed by atoms with Gasteiger partial charge in [-0.3, -0.25) is 28.9 Å². The van der Waals surface area contributed by atoms with Gasteiger partial charge in [0.1, 0.15) is 18.1 Å². The molecule has 0 bridgehead atoms. The number of hydrogen-bond donors (Lipinski definition) is 5. The van der Waals surface area contributed by atoms with E-state index in [4.69, 9.17) is 4.74 Å². The van der Waals surface area contributed by atoms with E-state index in [1.54, 1.807) is 25.3 Å². The van der Waals surface area contributed by atoms with Crippen LogP contribution in [0.4, 0.5) is 0 Å². The number of aromatic nitrogens is 1. The Balaban J connectivity index is 1.32. The Morgan fingerprint density at radius 1 is 0.755 bits per heavy atom. The van der Waals surface area contributed by atoms with Crippen LogP contribution < -0.4 is 21.3 Å². The lowest BCUT2D eigenvalue weighted by atomic mass is 9.99. The average molecular weight is 667 g/mol. The Morgan fingerprint density at radius 2 is 1.39 bits per heavy atom. The van der Waals surface area contributed by atoms with E-state index in [9.17, 15) is 24.0 Å². The minimum Gasteiger partial charge on any atom is -0.379 e. The maximum Gasteiger partial charge on any atom is 0.289 e. The van der Waals surface area contributed by atoms with Crippen molar-refractivity contribution in [2.24, 2.45) is 0 Å². The second-order valence-electron chi connectivity index (χ2n) is 12.1. The van der Waals surface area contributed by atoms with Crippen molar-refractivity contribution in [3.8, 4) is 0 Å². The van der Waals surface area contributed by atoms with Gasteiger partial charge in [-0.1, -0.05) is 78.9 Å². The number of nitrogens with zero attached hydrogens (tertiary/aromatic N) is 1. The summed E-state index contributed by atoms with van der Waals surface area (Å²) in [7, 11) is 0. The van der Waals surface area contributed by atoms with Gasteiger partial charge in [0.25, 0.3) is 5.91 Å². The van der Waals surface area contributed by atoms with Gasteiger partial charge in [-0.2, -0.15) is 0 Å². The van der Waals surface area contributed by atoms with Crippen molar-refractivity contribution < 1.29 is 28.7 Å². The van der Waals surface area contributed by atoms with E-state index in [1.807, 2.05) is 77.7 Å². The summed E-state index contributed by atoms with van der Waals surface area (Å²) in [4.78, 5) is 71.9. The lowest BCUT2D eigenvalue weighted by molar-refractivity contribution is -0.140. The number of ether oxygens (including phenoxy) is 1. The Labute approximate surface area is 285 Å². The fourth-order valence-electron chi connectivity index (χ4n) is 5.70. The van der Waals surface area contributed by atoms with Gasteiger partial charge < -0.3 is 31.0 Å². The molecule has 49 heavy (non-hydrogen) atoms. The van der Waals surface area contributed by atoms with Gasteiger partial charge in [0.05, 0.1) is 19.8 Å². The lowest BCUT2D eigenvalue weighted by Crippen LogP contribution is -2.57. The van der Waals surface area contributed by atoms with E-state index in [0.717, 1.165) is 27.6 Å². The highest BCUT2D eigenvalue weighted by Gasteiger charge is 2.32. The molecule has 0 spiro atoms. The number of H-pyrrole nitrogens is 1. The van der Waals surface area contributed by atoms with Crippen LogP contribution in [-0.4, -0.2) is 90.3 Å². The molecule has 1 aliphatic rings. The molecule has 0 aliphatic carbocycles. The fraction of sp³-hybridized carbons (Fsp3) is 0.324. The van der Waals surface area contributed by atoms with Crippen LogP contribution >= 0.6 is 0 Å². The first-order valence-corrected chi connectivity index (χ1v) is 16.4. The molecule has 0 saturated carbocycles. The van der Waals surface area contributed by atoms with Crippen LogP contribution in [0.3, 0.4) is 0 Å². The molecule has 256 valence electrons. The fourth-order valence-corrected chi connectivity index (χ4v) is 5.70. The summed E-state index contributed by atoms with van der Waals surface area (Å²) in [6, 6.07) is 22.5. The Morgan fingerprint density at radius 3 is 2.10 bits per heavy atom. The van der Waals surface area contributed by atoms with E-state index in [2.05, 4.69) is 26.3 Å². The summed E-state index contributed by atoms with van der Waals surface area (Å²) in [5.41, 5.74) is 3.19. The zero-order valence-electron chi connectivity index (χ0n) is 27.4. The van der Waals surface area contributed by atoms with Gasteiger partial charge in [0, 0.05) is 49.6 Å². The van der Waals surface area contributed by atoms with Crippen molar-refractivity contribution in [3.05, 3.63) is 108 Å². The summed E-state index contributed by atoms with van der Waals surface area (Å²) < 4.78 is 5.33. The number of rotatable bonds is 15. The lowest BCUT2D eigenvalue weighted by Gasteiger charge is -2.27. The molecule has 1 aromatic heterocycles. The number of morpholine rings is 1. The number of fused-ring (bicyclic) bond motifs is 1. The number of ketones is 1. The van der Waals surface area contributed by atoms with Crippen LogP contribution in [0.15, 0.2) is 91.1 Å². The molecule has 0 unspecified atom stereocenters. The number of nitrogens with one attached hydrogen (secondary N) is 5. The quantitative estimate of drug-likeness (QED) is 0.121. The highest BCUT2D eigenvalue weighted by molar-refractivity contribution is 6.38. The van der Waals surface area contributed by atoms with Crippen molar-refractivity contribution in [2.75, 3.05) is 32.8 Å². The molecule has 1 saturated heterocycles. The zero-order chi connectivity index (χ0) is 34.6. The van der Waals surface area contributed by atoms with Crippen molar-refractivity contribution >= 4 is 40.3 Å². The molecule has 1 aliphatic heterocycles. The van der Waals surface area contributed by atoms with Gasteiger partial charge >= 0.3 is 0 Å². The van der Waals surface area contributed by atoms with Crippen molar-refractivity contribution in [1.29, 1.82) is 0 Å². The molecule has 2 heterocycles. The molecule has 3 aromatic carbocycles. The summed E-state index contributed by atoms with van der Waals surface area (Å²) in [5, 5.41) is 11.8. The van der Waals surface area contributed by atoms with E-state index in [1.165, 1.54) is 0 Å². The number of hydrogen-bond acceptors (Lipinski definition) is 7. The topological polar surface area (TPSA) is 162 Å². The van der Waals surface area contributed by atoms with Gasteiger partial charge in [-0.15, -0.1) is 0 Å². The Bertz CT molecular complexity index is 1740. The summed E-state index contributed by atoms with van der Waals surface area (Å²) >= 11 is 0. The zero-order valence-corrected chi connectivity index (χ0v) is 27.4. The third-order valence-electron chi connectivity index (χ3n) is 8.41. The molecular formula is C37H42N6O6. The number of carbonyl (C=O) groups excluding carboxylic acids is 5. The highest BCUT2D eigenvalue weighted by atomic mass is 16.5. The number of Topliss-reactive ketones (excluding diaryl/α,β-unsaturated/α-hetero) is 1. The SMILES string of the molecule is C[C@H](NC(=O)CN1CCOCC1)C(=O)N[C@@H](Cc1c[nH]c2ccccc12)C(=O)N[C@@H](Cc1ccccc1)C(=O)C(=O)NCc1ccccc1. The van der Waals surface area contributed by atoms with Crippen LogP contribution in [0.2, 0.25) is 0 Å². The van der Waals surface area contributed by atoms with E-state index < -0.39 is 41.6 Å². The minimum atomic E-state index is -1.21. The summed E-state index contributed by atoms with van der Waals surface area (Å²) in [6.07, 6.45) is 1.92. The van der Waals surface area contributed by atoms with Crippen molar-refractivity contribution in [1.82, 2.24) is 31.2 Å². The largest absolute Gasteiger partial charge is 0.379 e. The standard InChI is InChI=1S/C37H42N6O6/c1-25(40-33(44)24-43-16-18-49-19-17-43)35(46)42-32(21-28-23-38-30-15-9-8-14-29(28)30)36(47)41-31(20-26-10-4-2-5-11-26)34(45)37(48)39-22-27-12-6-3-7-13-27/h2-15,23,25,31-32,38H,16-22,24H2,1H3,(H,39,48)(H,40,44)(H,41,47)(H,42,46)/t25-,31-,32-/m0/s1. The molecule has 4 aromatic rings. The third kappa shape index (κ3) is 10.1. The molecular weight excluding hydrogens is 624 g/mol. The molecule has 0 radical (unpaired) electrons. The van der Waals surface area contributed by atoms with Gasteiger partial charge in [-0.25, -0.2) is 0 Å². The molecule has 5 N–H and O–H groups in total. The van der Waals surface area contributed by atoms with Gasteiger partial charge in [-0.05, 0) is 29.7 Å². The van der Waals surface area contributed by atoms with Crippen molar-refractivity contribution in [3.63, 3.8) is 0 Å². The predicted octanol–water partition coefficient (Wildman–Crippen LogP) is 1.65. The maximum atomic E-state index is 14.0. The van der Waals surface area contributed by atoms with Gasteiger partial charge in [0.15, 0.2) is 0 Å². The maximum absolute atomic E-state index is 14.0. The van der Waals surface area contributed by atoms with Crippen LogP contribution in [-0.2, 0) is 48.1 Å². The minimum absolute atomic E-state index is 0.0614. The highest BCUT2D eigenvalue weighted by Crippen LogP contribution is 2.19. The van der Waals surface area contributed by atoms with Crippen LogP contribution in [0, 0.1) is 0 Å². The number of benzene rings is 3. The number of aromatic amines is 1. The van der Waals surface area contributed by atoms with Crippen LogP contribution in [0.1, 0.15) is 23.6 Å². The first kappa shape index (κ1) is 35.0. The molecule has 12 heteroatoms. The second kappa shape index (κ2) is 17.2. The first-order valence-electron chi connectivity index (χ1n) is 16.4. The van der Waals surface area contributed by atoms with E-state index in [0.29, 0.717) is 26.3 Å².